The second kappa shape index (κ2) is 3.86. The van der Waals surface area contributed by atoms with Crippen LogP contribution in [-0.2, 0) is 4.74 Å². The van der Waals surface area contributed by atoms with Gasteiger partial charge in [-0.2, -0.15) is 0 Å². The summed E-state index contributed by atoms with van der Waals surface area (Å²) in [4.78, 5) is 0. The molecular formula is C6H14OSi. The molecule has 0 rings (SSSR count). The molecule has 0 aromatic heterocycles. The Hall–Kier alpha value is -0.0831. The maximum Gasteiger partial charge on any atom is 0.0705 e. The van der Waals surface area contributed by atoms with Crippen molar-refractivity contribution in [3.63, 3.8) is 0 Å². The van der Waals surface area contributed by atoms with Gasteiger partial charge < -0.3 is 4.74 Å². The van der Waals surface area contributed by atoms with Gasteiger partial charge in [-0.1, -0.05) is 19.2 Å². The third-order valence-corrected chi connectivity index (χ3v) is 3.02. The van der Waals surface area contributed by atoms with Crippen LogP contribution in [0.4, 0.5) is 0 Å². The van der Waals surface area contributed by atoms with E-state index < -0.39 is 8.80 Å². The average molecular weight is 130 g/mol. The van der Waals surface area contributed by atoms with Crippen LogP contribution in [0.5, 0.6) is 0 Å². The van der Waals surface area contributed by atoms with Crippen molar-refractivity contribution in [1.82, 2.24) is 0 Å². The molecule has 0 saturated heterocycles. The molecule has 2 heteroatoms. The van der Waals surface area contributed by atoms with Crippen molar-refractivity contribution in [2.24, 2.45) is 0 Å². The summed E-state index contributed by atoms with van der Waals surface area (Å²) in [5.74, 6) is 0. The molecule has 1 unspecified atom stereocenters. The molecule has 0 aromatic rings. The molecule has 0 radical (unpaired) electrons. The first-order chi connectivity index (χ1) is 3.72. The Morgan fingerprint density at radius 2 is 2.12 bits per heavy atom. The Kier molecular flexibility index (Phi) is 3.82. The summed E-state index contributed by atoms with van der Waals surface area (Å²) in [6, 6.07) is 0. The van der Waals surface area contributed by atoms with E-state index in [1.165, 1.54) is 0 Å². The lowest BCUT2D eigenvalue weighted by molar-refractivity contribution is 0.197. The third-order valence-electron chi connectivity index (χ3n) is 1.16. The first-order valence-electron chi connectivity index (χ1n) is 2.87. The topological polar surface area (TPSA) is 9.23 Å². The fourth-order valence-corrected chi connectivity index (χ4v) is 1.73. The van der Waals surface area contributed by atoms with Gasteiger partial charge in [0.05, 0.1) is 14.5 Å². The number of hydrogen-bond acceptors (Lipinski definition) is 1. The summed E-state index contributed by atoms with van der Waals surface area (Å²) in [7, 11) is 1.11. The molecule has 0 spiro atoms. The Morgan fingerprint density at radius 1 is 1.62 bits per heavy atom. The standard InChI is InChI=1S/C6H14OSi/c1-5-6(7-2)8(3)4/h5-6,8H,1H2,2-4H3. The molecule has 0 aromatic carbocycles. The van der Waals surface area contributed by atoms with E-state index >= 15 is 0 Å². The lowest BCUT2D eigenvalue weighted by Crippen LogP contribution is -2.23. The van der Waals surface area contributed by atoms with Crippen LogP contribution in [0.3, 0.4) is 0 Å². The van der Waals surface area contributed by atoms with Crippen LogP contribution in [0.1, 0.15) is 0 Å². The van der Waals surface area contributed by atoms with E-state index in [1.807, 2.05) is 6.08 Å². The van der Waals surface area contributed by atoms with Gasteiger partial charge in [0.25, 0.3) is 0 Å². The second-order valence-corrected chi connectivity index (χ2v) is 5.33. The first kappa shape index (κ1) is 7.92. The zero-order valence-corrected chi connectivity index (χ0v) is 7.00. The molecule has 48 valence electrons. The predicted molar refractivity (Wildman–Crippen MR) is 39.9 cm³/mol. The van der Waals surface area contributed by atoms with Crippen LogP contribution >= 0.6 is 0 Å². The van der Waals surface area contributed by atoms with Crippen molar-refractivity contribution in [3.05, 3.63) is 12.7 Å². The van der Waals surface area contributed by atoms with Gasteiger partial charge in [-0.3, -0.25) is 0 Å². The van der Waals surface area contributed by atoms with Gasteiger partial charge in [-0.25, -0.2) is 0 Å². The van der Waals surface area contributed by atoms with Crippen molar-refractivity contribution in [3.8, 4) is 0 Å². The summed E-state index contributed by atoms with van der Waals surface area (Å²) in [6.45, 7) is 8.15. The van der Waals surface area contributed by atoms with Crippen LogP contribution < -0.4 is 0 Å². The lowest BCUT2D eigenvalue weighted by Gasteiger charge is -2.11. The number of methoxy groups -OCH3 is 1. The van der Waals surface area contributed by atoms with E-state index in [1.54, 1.807) is 7.11 Å². The number of ether oxygens (including phenoxy) is 1. The Balaban J connectivity index is 3.51. The van der Waals surface area contributed by atoms with E-state index in [9.17, 15) is 0 Å². The molecular weight excluding hydrogens is 116 g/mol. The molecule has 0 aliphatic rings. The predicted octanol–water partition coefficient (Wildman–Crippen LogP) is 1.21. The van der Waals surface area contributed by atoms with Crippen molar-refractivity contribution >= 4 is 8.80 Å². The number of rotatable bonds is 3. The van der Waals surface area contributed by atoms with Gasteiger partial charge >= 0.3 is 0 Å². The van der Waals surface area contributed by atoms with Crippen molar-refractivity contribution < 1.29 is 4.74 Å². The van der Waals surface area contributed by atoms with Gasteiger partial charge in [0.2, 0.25) is 0 Å². The summed E-state index contributed by atoms with van der Waals surface area (Å²) in [5, 5.41) is 0. The van der Waals surface area contributed by atoms with Gasteiger partial charge in [0, 0.05) is 7.11 Å². The normalized spacial score (nSPS) is 14.0. The van der Waals surface area contributed by atoms with Crippen LogP contribution in [0, 0.1) is 0 Å². The molecule has 0 saturated carbocycles. The van der Waals surface area contributed by atoms with Gasteiger partial charge in [-0.15, -0.1) is 6.58 Å². The van der Waals surface area contributed by atoms with E-state index in [-0.39, 0.29) is 0 Å². The van der Waals surface area contributed by atoms with Crippen molar-refractivity contribution in [2.75, 3.05) is 7.11 Å². The molecule has 1 nitrogen and oxygen atoms in total. The van der Waals surface area contributed by atoms with Crippen LogP contribution in [-0.4, -0.2) is 21.6 Å². The quantitative estimate of drug-likeness (QED) is 0.412. The minimum absolute atomic E-state index is 0.356. The van der Waals surface area contributed by atoms with Crippen molar-refractivity contribution in [2.45, 2.75) is 18.8 Å². The largest absolute Gasteiger partial charge is 0.381 e. The molecule has 0 aliphatic carbocycles. The average Bonchev–Trinajstić information content (AvgIpc) is 1.69. The molecule has 8 heavy (non-hydrogen) atoms. The Morgan fingerprint density at radius 3 is 2.12 bits per heavy atom. The maximum atomic E-state index is 5.10. The zero-order valence-electron chi connectivity index (χ0n) is 5.85. The molecule has 0 bridgehead atoms. The minimum atomic E-state index is -0.626. The molecule has 0 amide bonds. The molecule has 0 N–H and O–H groups in total. The first-order valence-corrected chi connectivity index (χ1v) is 5.85. The molecule has 0 fully saturated rings. The monoisotopic (exact) mass is 130 g/mol. The maximum absolute atomic E-state index is 5.10. The fourth-order valence-electron chi connectivity index (χ4n) is 0.641. The van der Waals surface area contributed by atoms with E-state index in [0.717, 1.165) is 0 Å². The zero-order chi connectivity index (χ0) is 6.57. The molecule has 0 aliphatic heterocycles. The van der Waals surface area contributed by atoms with Gasteiger partial charge in [-0.05, 0) is 0 Å². The summed E-state index contributed by atoms with van der Waals surface area (Å²) in [6.07, 6.45) is 1.89. The third kappa shape index (κ3) is 2.28. The highest BCUT2D eigenvalue weighted by molar-refractivity contribution is 6.57. The van der Waals surface area contributed by atoms with E-state index in [2.05, 4.69) is 19.7 Å². The minimum Gasteiger partial charge on any atom is -0.381 e. The highest BCUT2D eigenvalue weighted by Crippen LogP contribution is 1.95. The Labute approximate surface area is 53.0 Å². The van der Waals surface area contributed by atoms with E-state index in [0.29, 0.717) is 5.73 Å². The van der Waals surface area contributed by atoms with Crippen LogP contribution in [0.2, 0.25) is 13.1 Å². The smallest absolute Gasteiger partial charge is 0.0705 e. The van der Waals surface area contributed by atoms with Gasteiger partial charge in [0.1, 0.15) is 0 Å². The highest BCUT2D eigenvalue weighted by Gasteiger charge is 2.06. The second-order valence-electron chi connectivity index (χ2n) is 2.18. The highest BCUT2D eigenvalue weighted by atomic mass is 28.3. The summed E-state index contributed by atoms with van der Waals surface area (Å²) >= 11 is 0. The molecule has 1 atom stereocenters. The summed E-state index contributed by atoms with van der Waals surface area (Å²) < 4.78 is 5.10. The van der Waals surface area contributed by atoms with Crippen LogP contribution in [0.25, 0.3) is 0 Å². The SMILES string of the molecule is C=CC(OC)[SiH](C)C. The van der Waals surface area contributed by atoms with Crippen molar-refractivity contribution in [1.29, 1.82) is 0 Å². The summed E-state index contributed by atoms with van der Waals surface area (Å²) in [5.41, 5.74) is 0.356. The van der Waals surface area contributed by atoms with E-state index in [4.69, 9.17) is 4.74 Å². The Bertz CT molecular complexity index is 70.9. The number of hydrogen-bond donors (Lipinski definition) is 0. The van der Waals surface area contributed by atoms with Crippen LogP contribution in [0.15, 0.2) is 12.7 Å². The van der Waals surface area contributed by atoms with Gasteiger partial charge in [0.15, 0.2) is 0 Å². The lowest BCUT2D eigenvalue weighted by atomic mass is 10.7. The fraction of sp³-hybridized carbons (Fsp3) is 0.667. The molecule has 0 heterocycles.